The van der Waals surface area contributed by atoms with Gasteiger partial charge in [-0.05, 0) is 31.5 Å². The summed E-state index contributed by atoms with van der Waals surface area (Å²) in [6, 6.07) is 3.55. The quantitative estimate of drug-likeness (QED) is 0.861. The van der Waals surface area contributed by atoms with Crippen molar-refractivity contribution in [2.45, 2.75) is 38.2 Å². The Kier molecular flexibility index (Phi) is 5.90. The lowest BCUT2D eigenvalue weighted by molar-refractivity contribution is -0.144. The van der Waals surface area contributed by atoms with Crippen LogP contribution < -0.4 is 5.32 Å². The Morgan fingerprint density at radius 3 is 2.73 bits per heavy atom. The van der Waals surface area contributed by atoms with Gasteiger partial charge in [-0.1, -0.05) is 0 Å². The largest absolute Gasteiger partial charge is 0.467 e. The van der Waals surface area contributed by atoms with Gasteiger partial charge in [0.25, 0.3) is 5.92 Å². The molecule has 6 nitrogen and oxygen atoms in total. The molecule has 3 rings (SSSR count). The maximum Gasteiger partial charge on any atom is 0.251 e. The number of nitrogens with one attached hydrogen (secondary N) is 1. The number of likely N-dealkylation sites (tertiary alicyclic amines) is 2. The molecule has 1 atom stereocenters. The van der Waals surface area contributed by atoms with Crippen molar-refractivity contribution in [1.82, 2.24) is 15.1 Å². The Morgan fingerprint density at radius 1 is 1.27 bits per heavy atom. The van der Waals surface area contributed by atoms with Crippen molar-refractivity contribution < 1.29 is 22.8 Å². The molecule has 0 saturated carbocycles. The van der Waals surface area contributed by atoms with Gasteiger partial charge < -0.3 is 14.6 Å². The number of carbonyl (C=O) groups excluding carboxylic acids is 2. The van der Waals surface area contributed by atoms with Crippen molar-refractivity contribution in [2.24, 2.45) is 5.92 Å². The smallest absolute Gasteiger partial charge is 0.251 e. The number of rotatable bonds is 5. The molecule has 8 heteroatoms. The first-order valence-electron chi connectivity index (χ1n) is 9.11. The van der Waals surface area contributed by atoms with Crippen molar-refractivity contribution in [2.75, 3.05) is 32.7 Å². The lowest BCUT2D eigenvalue weighted by Gasteiger charge is -2.37. The summed E-state index contributed by atoms with van der Waals surface area (Å²) in [7, 11) is 0. The lowest BCUT2D eigenvalue weighted by Crippen LogP contribution is -2.50. The highest BCUT2D eigenvalue weighted by Gasteiger charge is 2.38. The zero-order valence-corrected chi connectivity index (χ0v) is 14.8. The van der Waals surface area contributed by atoms with Gasteiger partial charge in [-0.3, -0.25) is 14.5 Å². The number of amides is 2. The van der Waals surface area contributed by atoms with Crippen LogP contribution in [0.1, 0.15) is 31.4 Å². The van der Waals surface area contributed by atoms with E-state index in [0.29, 0.717) is 18.8 Å². The number of nitrogens with zero attached hydrogens (tertiary/aromatic N) is 2. The lowest BCUT2D eigenvalue weighted by atomic mass is 9.95. The third-order valence-electron chi connectivity index (χ3n) is 5.07. The predicted octanol–water partition coefficient (Wildman–Crippen LogP) is 1.87. The van der Waals surface area contributed by atoms with Crippen LogP contribution in [0, 0.1) is 5.92 Å². The molecule has 0 radical (unpaired) electrons. The van der Waals surface area contributed by atoms with Crippen molar-refractivity contribution >= 4 is 11.8 Å². The Labute approximate surface area is 151 Å². The van der Waals surface area contributed by atoms with E-state index in [1.54, 1.807) is 23.3 Å². The first-order valence-corrected chi connectivity index (χ1v) is 9.11. The number of alkyl halides is 2. The molecule has 0 bridgehead atoms. The summed E-state index contributed by atoms with van der Waals surface area (Å²) in [5.41, 5.74) is 0. The highest BCUT2D eigenvalue weighted by Crippen LogP contribution is 2.29. The Balaban J connectivity index is 1.44. The molecular formula is C18H25F2N3O3. The molecule has 0 aliphatic carbocycles. The summed E-state index contributed by atoms with van der Waals surface area (Å²) >= 11 is 0. The van der Waals surface area contributed by atoms with E-state index >= 15 is 0 Å². The number of piperidine rings is 2. The van der Waals surface area contributed by atoms with Crippen LogP contribution in [0.25, 0.3) is 0 Å². The molecule has 0 spiro atoms. The summed E-state index contributed by atoms with van der Waals surface area (Å²) in [4.78, 5) is 28.2. The first kappa shape index (κ1) is 18.8. The van der Waals surface area contributed by atoms with Crippen molar-refractivity contribution in [3.63, 3.8) is 0 Å². The van der Waals surface area contributed by atoms with Gasteiger partial charge in [0.2, 0.25) is 11.8 Å². The fourth-order valence-electron chi connectivity index (χ4n) is 3.57. The number of carbonyl (C=O) groups is 2. The van der Waals surface area contributed by atoms with Crippen LogP contribution in [-0.2, 0) is 16.1 Å². The van der Waals surface area contributed by atoms with E-state index < -0.39 is 5.92 Å². The van der Waals surface area contributed by atoms with Gasteiger partial charge in [-0.15, -0.1) is 0 Å². The predicted molar refractivity (Wildman–Crippen MR) is 90.5 cm³/mol. The van der Waals surface area contributed by atoms with Crippen LogP contribution in [0.3, 0.4) is 0 Å². The zero-order valence-electron chi connectivity index (χ0n) is 14.8. The van der Waals surface area contributed by atoms with E-state index in [4.69, 9.17) is 4.42 Å². The molecule has 2 aliphatic heterocycles. The SMILES string of the molecule is O=C(CN1CCCC(C(=O)N2CCC(F)(F)CC2)C1)NCc1ccco1. The van der Waals surface area contributed by atoms with E-state index in [1.165, 1.54) is 0 Å². The number of furan rings is 1. The van der Waals surface area contributed by atoms with Crippen molar-refractivity contribution in [3.05, 3.63) is 24.2 Å². The second kappa shape index (κ2) is 8.16. The van der Waals surface area contributed by atoms with Gasteiger partial charge in [-0.25, -0.2) is 8.78 Å². The number of hydrogen-bond acceptors (Lipinski definition) is 4. The third kappa shape index (κ3) is 5.03. The van der Waals surface area contributed by atoms with Gasteiger partial charge in [0.15, 0.2) is 0 Å². The summed E-state index contributed by atoms with van der Waals surface area (Å²) in [6.45, 7) is 2.06. The maximum absolute atomic E-state index is 13.3. The van der Waals surface area contributed by atoms with Crippen molar-refractivity contribution in [3.8, 4) is 0 Å². The molecule has 2 saturated heterocycles. The minimum atomic E-state index is -2.65. The fraction of sp³-hybridized carbons (Fsp3) is 0.667. The zero-order chi connectivity index (χ0) is 18.6. The van der Waals surface area contributed by atoms with Gasteiger partial charge in [0.05, 0.1) is 25.3 Å². The summed E-state index contributed by atoms with van der Waals surface area (Å²) < 4.78 is 31.7. The van der Waals surface area contributed by atoms with E-state index in [-0.39, 0.29) is 50.2 Å². The van der Waals surface area contributed by atoms with E-state index in [9.17, 15) is 18.4 Å². The molecule has 1 N–H and O–H groups in total. The molecule has 1 aromatic heterocycles. The molecule has 2 amide bonds. The summed E-state index contributed by atoms with van der Waals surface area (Å²) in [5, 5.41) is 2.80. The molecule has 144 valence electrons. The monoisotopic (exact) mass is 369 g/mol. The fourth-order valence-corrected chi connectivity index (χ4v) is 3.57. The Hall–Kier alpha value is -1.96. The molecule has 2 fully saturated rings. The Morgan fingerprint density at radius 2 is 2.04 bits per heavy atom. The van der Waals surface area contributed by atoms with Crippen LogP contribution in [0.5, 0.6) is 0 Å². The standard InChI is InChI=1S/C18H25F2N3O3/c19-18(20)5-8-23(9-6-18)17(25)14-3-1-7-22(12-14)13-16(24)21-11-15-4-2-10-26-15/h2,4,10,14H,1,3,5-9,11-13H2,(H,21,24). The van der Waals surface area contributed by atoms with E-state index in [0.717, 1.165) is 19.4 Å². The van der Waals surface area contributed by atoms with Crippen LogP contribution in [0.4, 0.5) is 8.78 Å². The minimum absolute atomic E-state index is 0.0545. The molecule has 1 aromatic rings. The van der Waals surface area contributed by atoms with Gasteiger partial charge >= 0.3 is 0 Å². The topological polar surface area (TPSA) is 65.8 Å². The van der Waals surface area contributed by atoms with E-state index in [1.807, 2.05) is 4.90 Å². The molecular weight excluding hydrogens is 344 g/mol. The van der Waals surface area contributed by atoms with Gasteiger partial charge in [0, 0.05) is 32.5 Å². The average molecular weight is 369 g/mol. The third-order valence-corrected chi connectivity index (χ3v) is 5.07. The molecule has 3 heterocycles. The first-order chi connectivity index (χ1) is 12.4. The van der Waals surface area contributed by atoms with E-state index in [2.05, 4.69) is 5.32 Å². The second-order valence-electron chi connectivity index (χ2n) is 7.11. The van der Waals surface area contributed by atoms with Crippen molar-refractivity contribution in [1.29, 1.82) is 0 Å². The normalized spacial score (nSPS) is 23.6. The maximum atomic E-state index is 13.3. The highest BCUT2D eigenvalue weighted by atomic mass is 19.3. The van der Waals surface area contributed by atoms with Crippen LogP contribution in [-0.4, -0.2) is 60.3 Å². The number of halogens is 2. The molecule has 1 unspecified atom stereocenters. The highest BCUT2D eigenvalue weighted by molar-refractivity contribution is 5.80. The summed E-state index contributed by atoms with van der Waals surface area (Å²) in [5.74, 6) is -2.35. The van der Waals surface area contributed by atoms with Gasteiger partial charge in [-0.2, -0.15) is 0 Å². The number of hydrogen-bond donors (Lipinski definition) is 1. The van der Waals surface area contributed by atoms with Crippen LogP contribution in [0.15, 0.2) is 22.8 Å². The second-order valence-corrected chi connectivity index (χ2v) is 7.11. The molecule has 26 heavy (non-hydrogen) atoms. The molecule has 0 aromatic carbocycles. The van der Waals surface area contributed by atoms with Crippen LogP contribution in [0.2, 0.25) is 0 Å². The Bertz CT molecular complexity index is 611. The van der Waals surface area contributed by atoms with Crippen LogP contribution >= 0.6 is 0 Å². The average Bonchev–Trinajstić information content (AvgIpc) is 3.13. The molecule has 2 aliphatic rings. The minimum Gasteiger partial charge on any atom is -0.467 e. The summed E-state index contributed by atoms with van der Waals surface area (Å²) in [6.07, 6.45) is 2.61. The van der Waals surface area contributed by atoms with Gasteiger partial charge in [0.1, 0.15) is 5.76 Å².